The summed E-state index contributed by atoms with van der Waals surface area (Å²) in [6.07, 6.45) is 2.04. The molecule has 0 unspecified atom stereocenters. The van der Waals surface area contributed by atoms with Gasteiger partial charge >= 0.3 is 12.7 Å². The van der Waals surface area contributed by atoms with Crippen LogP contribution in [0.1, 0.15) is 68.9 Å². The van der Waals surface area contributed by atoms with Gasteiger partial charge in [0.2, 0.25) is 0 Å². The summed E-state index contributed by atoms with van der Waals surface area (Å²) in [5.74, 6) is -7.56. The molecule has 1 fully saturated rings. The highest BCUT2D eigenvalue weighted by molar-refractivity contribution is 5.71. The molecule has 1 saturated carbocycles. The van der Waals surface area contributed by atoms with Crippen LogP contribution in [0.2, 0.25) is 0 Å². The molecule has 0 radical (unpaired) electrons. The molecule has 0 aromatic heterocycles. The fourth-order valence-corrected chi connectivity index (χ4v) is 5.28. The maximum Gasteiger partial charge on any atom is 0.432 e. The number of unbranched alkanes of at least 4 members (excludes halogenated alkanes) is 1. The first-order chi connectivity index (χ1) is 19.0. The summed E-state index contributed by atoms with van der Waals surface area (Å²) < 4.78 is 122. The van der Waals surface area contributed by atoms with Crippen molar-refractivity contribution in [3.05, 3.63) is 82.9 Å². The van der Waals surface area contributed by atoms with Crippen molar-refractivity contribution in [2.75, 3.05) is 0 Å². The zero-order valence-corrected chi connectivity index (χ0v) is 21.6. The molecule has 3 aromatic rings. The van der Waals surface area contributed by atoms with E-state index >= 15 is 17.6 Å². The summed E-state index contributed by atoms with van der Waals surface area (Å²) in [5, 5.41) is 0. The minimum absolute atomic E-state index is 0.145. The second-order valence-electron chi connectivity index (χ2n) is 9.98. The van der Waals surface area contributed by atoms with Crippen LogP contribution in [0.5, 0.6) is 11.5 Å². The van der Waals surface area contributed by atoms with Crippen LogP contribution in [0.4, 0.5) is 35.1 Å². The Morgan fingerprint density at radius 1 is 0.850 bits per heavy atom. The standard InChI is InChI=1S/C30H28F8O2/c1-2-3-6-17-9-11-18(12-10-17)19-13-22(31)27(23(32)14-19)30(37,38)40-26-8-5-4-7-21(26)20-15-24(33)28(25(34)16-20)39-29(35)36/h4-5,7-8,13-18,29H,2-3,6,9-12H2,1H3/t17-,18-. The summed E-state index contributed by atoms with van der Waals surface area (Å²) in [6.45, 7) is -1.39. The molecule has 2 nitrogen and oxygen atoms in total. The van der Waals surface area contributed by atoms with Crippen molar-refractivity contribution in [1.29, 1.82) is 0 Å². The van der Waals surface area contributed by atoms with Crippen LogP contribution in [-0.2, 0) is 6.11 Å². The number of para-hydroxylation sites is 1. The van der Waals surface area contributed by atoms with Crippen molar-refractivity contribution >= 4 is 0 Å². The van der Waals surface area contributed by atoms with Gasteiger partial charge in [0.25, 0.3) is 0 Å². The predicted molar refractivity (Wildman–Crippen MR) is 134 cm³/mol. The molecule has 0 N–H and O–H groups in total. The number of ether oxygens (including phenoxy) is 2. The minimum Gasteiger partial charge on any atom is -0.429 e. The van der Waals surface area contributed by atoms with Crippen LogP contribution >= 0.6 is 0 Å². The van der Waals surface area contributed by atoms with E-state index in [1.165, 1.54) is 18.2 Å². The normalized spacial score (nSPS) is 17.8. The molecular weight excluding hydrogens is 544 g/mol. The Bertz CT molecular complexity index is 1270. The van der Waals surface area contributed by atoms with Gasteiger partial charge in [0, 0.05) is 5.56 Å². The van der Waals surface area contributed by atoms with Gasteiger partial charge < -0.3 is 9.47 Å². The largest absolute Gasteiger partial charge is 0.432 e. The molecule has 216 valence electrons. The van der Waals surface area contributed by atoms with E-state index in [0.29, 0.717) is 36.5 Å². The van der Waals surface area contributed by atoms with E-state index in [9.17, 15) is 17.6 Å². The molecular formula is C30H28F8O2. The number of rotatable bonds is 10. The Morgan fingerprint density at radius 2 is 1.45 bits per heavy atom. The third kappa shape index (κ3) is 6.70. The fourth-order valence-electron chi connectivity index (χ4n) is 5.28. The molecule has 3 aromatic carbocycles. The molecule has 0 aliphatic heterocycles. The van der Waals surface area contributed by atoms with E-state index in [2.05, 4.69) is 11.7 Å². The number of hydrogen-bond donors (Lipinski definition) is 0. The van der Waals surface area contributed by atoms with Crippen LogP contribution in [-0.4, -0.2) is 6.61 Å². The lowest BCUT2D eigenvalue weighted by Gasteiger charge is -2.29. The van der Waals surface area contributed by atoms with Gasteiger partial charge in [-0.1, -0.05) is 44.4 Å². The highest BCUT2D eigenvalue weighted by atomic mass is 19.3. The zero-order valence-electron chi connectivity index (χ0n) is 21.6. The lowest BCUT2D eigenvalue weighted by atomic mass is 9.77. The molecule has 1 aliphatic rings. The van der Waals surface area contributed by atoms with Gasteiger partial charge in [-0.05, 0) is 79.0 Å². The van der Waals surface area contributed by atoms with Crippen molar-refractivity contribution in [2.24, 2.45) is 5.92 Å². The average molecular weight is 573 g/mol. The smallest absolute Gasteiger partial charge is 0.429 e. The average Bonchev–Trinajstić information content (AvgIpc) is 2.89. The topological polar surface area (TPSA) is 18.5 Å². The number of halogens is 8. The minimum atomic E-state index is -4.50. The molecule has 0 atom stereocenters. The van der Waals surface area contributed by atoms with Crippen molar-refractivity contribution in [2.45, 2.75) is 70.5 Å². The Balaban J connectivity index is 1.58. The first kappa shape index (κ1) is 29.7. The number of alkyl halides is 4. The van der Waals surface area contributed by atoms with Gasteiger partial charge in [-0.15, -0.1) is 0 Å². The summed E-state index contributed by atoms with van der Waals surface area (Å²) in [4.78, 5) is 0. The monoisotopic (exact) mass is 572 g/mol. The Kier molecular flexibility index (Phi) is 9.26. The molecule has 0 amide bonds. The third-order valence-corrected chi connectivity index (χ3v) is 7.28. The van der Waals surface area contributed by atoms with Crippen LogP contribution in [0.15, 0.2) is 48.5 Å². The van der Waals surface area contributed by atoms with Gasteiger partial charge in [0.05, 0.1) is 0 Å². The summed E-state index contributed by atoms with van der Waals surface area (Å²) in [6, 6.07) is 7.79. The van der Waals surface area contributed by atoms with Crippen molar-refractivity contribution in [3.63, 3.8) is 0 Å². The Hall–Kier alpha value is -3.30. The van der Waals surface area contributed by atoms with E-state index in [0.717, 1.165) is 50.3 Å². The van der Waals surface area contributed by atoms with Crippen molar-refractivity contribution in [1.82, 2.24) is 0 Å². The maximum absolute atomic E-state index is 15.2. The van der Waals surface area contributed by atoms with Gasteiger partial charge in [-0.25, -0.2) is 17.6 Å². The van der Waals surface area contributed by atoms with Crippen molar-refractivity contribution < 1.29 is 44.6 Å². The zero-order chi connectivity index (χ0) is 29.0. The van der Waals surface area contributed by atoms with Crippen molar-refractivity contribution in [3.8, 4) is 22.6 Å². The molecule has 40 heavy (non-hydrogen) atoms. The molecule has 10 heteroatoms. The Morgan fingerprint density at radius 3 is 2.02 bits per heavy atom. The SMILES string of the molecule is CCCC[C@H]1CC[C@H](c2cc(F)c(C(F)(F)Oc3ccccc3-c3cc(F)c(OC(F)F)c(F)c3)c(F)c2)CC1. The van der Waals surface area contributed by atoms with Crippen LogP contribution in [0, 0.1) is 29.2 Å². The van der Waals surface area contributed by atoms with E-state index in [-0.39, 0.29) is 17.0 Å². The first-order valence-electron chi connectivity index (χ1n) is 13.1. The summed E-state index contributed by atoms with van der Waals surface area (Å²) in [7, 11) is 0. The molecule has 0 heterocycles. The van der Waals surface area contributed by atoms with Crippen LogP contribution in [0.25, 0.3) is 11.1 Å². The maximum atomic E-state index is 15.2. The Labute approximate surface area is 226 Å². The lowest BCUT2D eigenvalue weighted by Crippen LogP contribution is -2.26. The van der Waals surface area contributed by atoms with Crippen LogP contribution < -0.4 is 9.47 Å². The molecule has 4 rings (SSSR count). The van der Waals surface area contributed by atoms with E-state index in [1.807, 2.05) is 0 Å². The van der Waals surface area contributed by atoms with Gasteiger partial charge in [0.1, 0.15) is 22.9 Å². The molecule has 0 bridgehead atoms. The highest BCUT2D eigenvalue weighted by Gasteiger charge is 2.42. The fraction of sp³-hybridized carbons (Fsp3) is 0.400. The first-order valence-corrected chi connectivity index (χ1v) is 13.1. The number of hydrogen-bond acceptors (Lipinski definition) is 2. The number of benzene rings is 3. The molecule has 1 aliphatic carbocycles. The van der Waals surface area contributed by atoms with Gasteiger partial charge in [-0.3, -0.25) is 0 Å². The quantitative estimate of drug-likeness (QED) is 0.225. The second-order valence-corrected chi connectivity index (χ2v) is 9.98. The van der Waals surface area contributed by atoms with E-state index in [1.54, 1.807) is 0 Å². The van der Waals surface area contributed by atoms with Crippen LogP contribution in [0.3, 0.4) is 0 Å². The van der Waals surface area contributed by atoms with Gasteiger partial charge in [0.15, 0.2) is 17.4 Å². The van der Waals surface area contributed by atoms with E-state index in [4.69, 9.17) is 4.74 Å². The highest BCUT2D eigenvalue weighted by Crippen LogP contribution is 2.43. The lowest BCUT2D eigenvalue weighted by molar-refractivity contribution is -0.189. The third-order valence-electron chi connectivity index (χ3n) is 7.28. The van der Waals surface area contributed by atoms with E-state index < -0.39 is 53.1 Å². The van der Waals surface area contributed by atoms with Gasteiger partial charge in [-0.2, -0.15) is 17.6 Å². The summed E-state index contributed by atoms with van der Waals surface area (Å²) >= 11 is 0. The molecule has 0 spiro atoms. The summed E-state index contributed by atoms with van der Waals surface area (Å²) in [5.41, 5.74) is -1.92. The second kappa shape index (κ2) is 12.5. The predicted octanol–water partition coefficient (Wildman–Crippen LogP) is 10.1. The molecule has 0 saturated heterocycles.